The van der Waals surface area contributed by atoms with Crippen LogP contribution in [0.2, 0.25) is 5.02 Å². The largest absolute Gasteiger partial charge is 0.354 e. The molecule has 1 aromatic heterocycles. The molecule has 0 saturated carbocycles. The lowest BCUT2D eigenvalue weighted by Crippen LogP contribution is -2.43. The van der Waals surface area contributed by atoms with Gasteiger partial charge in [-0.2, -0.15) is 0 Å². The molecule has 0 spiro atoms. The number of aromatic nitrogens is 1. The third kappa shape index (κ3) is 5.82. The summed E-state index contributed by atoms with van der Waals surface area (Å²) in [6.45, 7) is 9.00. The third-order valence-electron chi connectivity index (χ3n) is 4.74. The smallest absolute Gasteiger partial charge is 0.227 e. The van der Waals surface area contributed by atoms with Gasteiger partial charge in [0.25, 0.3) is 0 Å². The molecule has 2 unspecified atom stereocenters. The van der Waals surface area contributed by atoms with Gasteiger partial charge in [0, 0.05) is 35.9 Å². The number of rotatable bonds is 9. The Labute approximate surface area is 161 Å². The van der Waals surface area contributed by atoms with Crippen molar-refractivity contribution in [3.05, 3.63) is 64.9 Å². The van der Waals surface area contributed by atoms with E-state index in [0.717, 1.165) is 24.3 Å². The number of pyridine rings is 1. The summed E-state index contributed by atoms with van der Waals surface area (Å²) in [5.74, 6) is -0.261. The van der Waals surface area contributed by atoms with Crippen LogP contribution in [0.25, 0.3) is 0 Å². The number of nitrogens with one attached hydrogen (secondary N) is 1. The zero-order valence-corrected chi connectivity index (χ0v) is 16.5. The molecule has 4 nitrogen and oxygen atoms in total. The maximum absolute atomic E-state index is 12.9. The molecule has 5 heteroatoms. The highest BCUT2D eigenvalue weighted by molar-refractivity contribution is 6.30. The summed E-state index contributed by atoms with van der Waals surface area (Å²) in [6, 6.07) is 13.6. The van der Waals surface area contributed by atoms with Crippen molar-refractivity contribution in [1.82, 2.24) is 15.2 Å². The molecule has 0 aliphatic rings. The molecule has 26 heavy (non-hydrogen) atoms. The number of nitrogens with zero attached hydrogens (tertiary/aromatic N) is 2. The second kappa shape index (κ2) is 10.3. The van der Waals surface area contributed by atoms with Gasteiger partial charge >= 0.3 is 0 Å². The van der Waals surface area contributed by atoms with E-state index in [1.165, 1.54) is 0 Å². The summed E-state index contributed by atoms with van der Waals surface area (Å²) in [7, 11) is 0. The van der Waals surface area contributed by atoms with Crippen LogP contribution in [0.5, 0.6) is 0 Å². The van der Waals surface area contributed by atoms with E-state index in [4.69, 9.17) is 11.6 Å². The highest BCUT2D eigenvalue weighted by atomic mass is 35.5. The second-order valence-electron chi connectivity index (χ2n) is 6.44. The Balaban J connectivity index is 2.12. The molecule has 0 radical (unpaired) electrons. The molecule has 0 fully saturated rings. The fraction of sp³-hybridized carbons (Fsp3) is 0.429. The number of benzene rings is 1. The zero-order valence-electron chi connectivity index (χ0n) is 15.8. The van der Waals surface area contributed by atoms with Gasteiger partial charge in [0.05, 0.1) is 5.92 Å². The summed E-state index contributed by atoms with van der Waals surface area (Å²) in [5.41, 5.74) is 1.85. The van der Waals surface area contributed by atoms with Crippen molar-refractivity contribution in [3.8, 4) is 0 Å². The van der Waals surface area contributed by atoms with Gasteiger partial charge in [0.1, 0.15) is 0 Å². The minimum Gasteiger partial charge on any atom is -0.354 e. The van der Waals surface area contributed by atoms with Gasteiger partial charge in [-0.05, 0) is 49.8 Å². The van der Waals surface area contributed by atoms with Crippen LogP contribution in [0.15, 0.2) is 48.7 Å². The van der Waals surface area contributed by atoms with Crippen molar-refractivity contribution in [2.24, 2.45) is 0 Å². The first-order chi connectivity index (χ1) is 12.5. The van der Waals surface area contributed by atoms with E-state index in [1.807, 2.05) is 42.5 Å². The number of likely N-dealkylation sites (N-methyl/N-ethyl adjacent to an activating group) is 1. The molecule has 0 aliphatic carbocycles. The molecule has 2 rings (SSSR count). The fourth-order valence-electron chi connectivity index (χ4n) is 3.13. The van der Waals surface area contributed by atoms with Crippen molar-refractivity contribution in [2.75, 3.05) is 19.6 Å². The molecular formula is C21H28ClN3O. The third-order valence-corrected chi connectivity index (χ3v) is 4.99. The first-order valence-electron chi connectivity index (χ1n) is 9.22. The Morgan fingerprint density at radius 2 is 1.85 bits per heavy atom. The van der Waals surface area contributed by atoms with Gasteiger partial charge in [0.15, 0.2) is 0 Å². The summed E-state index contributed by atoms with van der Waals surface area (Å²) >= 11 is 6.01. The number of halogens is 1. The molecule has 2 atom stereocenters. The Morgan fingerprint density at radius 3 is 2.42 bits per heavy atom. The average molecular weight is 374 g/mol. The average Bonchev–Trinajstić information content (AvgIpc) is 2.67. The van der Waals surface area contributed by atoms with Gasteiger partial charge in [-0.1, -0.05) is 43.6 Å². The van der Waals surface area contributed by atoms with Crippen LogP contribution < -0.4 is 5.32 Å². The SMILES string of the molecule is CCN(CC)C(C)CNC(=O)C(Cc1ccccn1)c1ccc(Cl)cc1. The summed E-state index contributed by atoms with van der Waals surface area (Å²) < 4.78 is 0. The summed E-state index contributed by atoms with van der Waals surface area (Å²) in [4.78, 5) is 19.7. The molecule has 0 bridgehead atoms. The van der Waals surface area contributed by atoms with Crippen LogP contribution in [0.1, 0.15) is 37.9 Å². The number of amides is 1. The van der Waals surface area contributed by atoms with E-state index in [2.05, 4.69) is 36.0 Å². The van der Waals surface area contributed by atoms with Crippen LogP contribution in [0, 0.1) is 0 Å². The van der Waals surface area contributed by atoms with Crippen molar-refractivity contribution in [2.45, 2.75) is 39.2 Å². The predicted octanol–water partition coefficient (Wildman–Crippen LogP) is 3.91. The second-order valence-corrected chi connectivity index (χ2v) is 6.88. The van der Waals surface area contributed by atoms with Gasteiger partial charge < -0.3 is 5.32 Å². The Hall–Kier alpha value is -1.91. The molecule has 1 heterocycles. The lowest BCUT2D eigenvalue weighted by Gasteiger charge is -2.27. The number of carbonyl (C=O) groups excluding carboxylic acids is 1. The molecule has 0 aliphatic heterocycles. The highest BCUT2D eigenvalue weighted by Gasteiger charge is 2.22. The molecular weight excluding hydrogens is 346 g/mol. The number of carbonyl (C=O) groups is 1. The molecule has 0 saturated heterocycles. The van der Waals surface area contributed by atoms with E-state index in [-0.39, 0.29) is 11.8 Å². The monoisotopic (exact) mass is 373 g/mol. The van der Waals surface area contributed by atoms with Crippen LogP contribution in [0.3, 0.4) is 0 Å². The number of hydrogen-bond acceptors (Lipinski definition) is 3. The lowest BCUT2D eigenvalue weighted by molar-refractivity contribution is -0.122. The highest BCUT2D eigenvalue weighted by Crippen LogP contribution is 2.22. The van der Waals surface area contributed by atoms with Crippen LogP contribution in [-0.4, -0.2) is 41.5 Å². The van der Waals surface area contributed by atoms with Crippen LogP contribution >= 0.6 is 11.6 Å². The number of hydrogen-bond donors (Lipinski definition) is 1. The maximum atomic E-state index is 12.9. The van der Waals surface area contributed by atoms with Gasteiger partial charge in [-0.25, -0.2) is 0 Å². The Morgan fingerprint density at radius 1 is 1.15 bits per heavy atom. The van der Waals surface area contributed by atoms with Crippen LogP contribution in [-0.2, 0) is 11.2 Å². The predicted molar refractivity (Wildman–Crippen MR) is 108 cm³/mol. The van der Waals surface area contributed by atoms with E-state index in [9.17, 15) is 4.79 Å². The van der Waals surface area contributed by atoms with E-state index in [0.29, 0.717) is 24.0 Å². The van der Waals surface area contributed by atoms with Crippen molar-refractivity contribution >= 4 is 17.5 Å². The van der Waals surface area contributed by atoms with E-state index >= 15 is 0 Å². The Kier molecular flexibility index (Phi) is 8.07. The summed E-state index contributed by atoms with van der Waals surface area (Å²) in [5, 5.41) is 3.79. The van der Waals surface area contributed by atoms with Crippen molar-refractivity contribution in [1.29, 1.82) is 0 Å². The standard InChI is InChI=1S/C21H28ClN3O/c1-4-25(5-2)16(3)15-24-21(26)20(14-19-8-6-7-13-23-19)17-9-11-18(22)12-10-17/h6-13,16,20H,4-5,14-15H2,1-3H3,(H,24,26). The first kappa shape index (κ1) is 20.4. The van der Waals surface area contributed by atoms with Gasteiger partial charge in [-0.3, -0.25) is 14.7 Å². The Bertz CT molecular complexity index is 671. The van der Waals surface area contributed by atoms with Gasteiger partial charge in [0.2, 0.25) is 5.91 Å². The molecule has 1 amide bonds. The molecule has 140 valence electrons. The maximum Gasteiger partial charge on any atom is 0.227 e. The van der Waals surface area contributed by atoms with Crippen molar-refractivity contribution < 1.29 is 4.79 Å². The lowest BCUT2D eigenvalue weighted by atomic mass is 9.93. The zero-order chi connectivity index (χ0) is 18.9. The van der Waals surface area contributed by atoms with E-state index in [1.54, 1.807) is 6.20 Å². The minimum atomic E-state index is -0.286. The first-order valence-corrected chi connectivity index (χ1v) is 9.60. The quantitative estimate of drug-likeness (QED) is 0.724. The topological polar surface area (TPSA) is 45.2 Å². The summed E-state index contributed by atoms with van der Waals surface area (Å²) in [6.07, 6.45) is 2.32. The molecule has 1 N–H and O–H groups in total. The van der Waals surface area contributed by atoms with Crippen molar-refractivity contribution in [3.63, 3.8) is 0 Å². The van der Waals surface area contributed by atoms with Crippen LogP contribution in [0.4, 0.5) is 0 Å². The van der Waals surface area contributed by atoms with E-state index < -0.39 is 0 Å². The normalized spacial score (nSPS) is 13.4. The molecule has 1 aromatic carbocycles. The van der Waals surface area contributed by atoms with Gasteiger partial charge in [-0.15, -0.1) is 0 Å². The minimum absolute atomic E-state index is 0.0250. The fourth-order valence-corrected chi connectivity index (χ4v) is 3.26. The molecule has 2 aromatic rings.